The number of benzene rings is 2. The second-order valence-corrected chi connectivity index (χ2v) is 6.81. The summed E-state index contributed by atoms with van der Waals surface area (Å²) < 4.78 is 0. The molecule has 8 nitrogen and oxygen atoms in total. The predicted molar refractivity (Wildman–Crippen MR) is 115 cm³/mol. The zero-order valence-corrected chi connectivity index (χ0v) is 16.9. The summed E-state index contributed by atoms with van der Waals surface area (Å²) in [6.45, 7) is 0. The van der Waals surface area contributed by atoms with Crippen molar-refractivity contribution in [2.24, 2.45) is 21.7 Å². The highest BCUT2D eigenvalue weighted by atomic mass is 35.5. The zero-order chi connectivity index (χ0) is 21.2. The number of halogens is 2. The van der Waals surface area contributed by atoms with E-state index in [0.29, 0.717) is 40.7 Å². The summed E-state index contributed by atoms with van der Waals surface area (Å²) in [5.41, 5.74) is 17.6. The smallest absolute Gasteiger partial charge is 0.332 e. The second-order valence-electron chi connectivity index (χ2n) is 5.94. The van der Waals surface area contributed by atoms with Crippen LogP contribution in [0.25, 0.3) is 0 Å². The summed E-state index contributed by atoms with van der Waals surface area (Å²) >= 11 is 11.9. The van der Waals surface area contributed by atoms with Crippen molar-refractivity contribution in [1.82, 2.24) is 10.9 Å². The van der Waals surface area contributed by atoms with Crippen LogP contribution in [0, 0.1) is 0 Å². The molecule has 0 saturated carbocycles. The summed E-state index contributed by atoms with van der Waals surface area (Å²) in [7, 11) is 0. The lowest BCUT2D eigenvalue weighted by atomic mass is 10.0. The topological polar surface area (TPSA) is 135 Å². The number of carbonyl (C=O) groups is 2. The first-order chi connectivity index (χ1) is 13.8. The van der Waals surface area contributed by atoms with Crippen LogP contribution in [-0.4, -0.2) is 23.5 Å². The molecule has 29 heavy (non-hydrogen) atoms. The van der Waals surface area contributed by atoms with E-state index in [0.717, 1.165) is 11.1 Å². The van der Waals surface area contributed by atoms with Crippen LogP contribution in [0.2, 0.25) is 10.0 Å². The zero-order valence-electron chi connectivity index (χ0n) is 15.4. The molecule has 0 aliphatic carbocycles. The Balaban J connectivity index is 2.14. The Bertz CT molecular complexity index is 836. The number of hydrazone groups is 2. The van der Waals surface area contributed by atoms with Crippen LogP contribution in [0.5, 0.6) is 0 Å². The lowest BCUT2D eigenvalue weighted by molar-refractivity contribution is 0.248. The van der Waals surface area contributed by atoms with Gasteiger partial charge in [-0.3, -0.25) is 0 Å². The minimum Gasteiger partial charge on any atom is -0.350 e. The second kappa shape index (κ2) is 11.0. The number of hydrogen-bond donors (Lipinski definition) is 4. The van der Waals surface area contributed by atoms with Crippen molar-refractivity contribution in [2.75, 3.05) is 0 Å². The van der Waals surface area contributed by atoms with Gasteiger partial charge in [-0.2, -0.15) is 10.2 Å². The molecule has 10 heteroatoms. The average Bonchev–Trinajstić information content (AvgIpc) is 2.68. The summed E-state index contributed by atoms with van der Waals surface area (Å²) in [4.78, 5) is 22.1. The van der Waals surface area contributed by atoms with Crippen molar-refractivity contribution < 1.29 is 9.59 Å². The molecule has 2 rings (SSSR count). The van der Waals surface area contributed by atoms with Gasteiger partial charge in [0.1, 0.15) is 0 Å². The third-order valence-electron chi connectivity index (χ3n) is 3.78. The van der Waals surface area contributed by atoms with Crippen molar-refractivity contribution in [2.45, 2.75) is 19.3 Å². The molecular formula is C19H20Cl2N6O2. The van der Waals surface area contributed by atoms with E-state index in [1.807, 2.05) is 0 Å². The molecule has 0 aliphatic rings. The third kappa shape index (κ3) is 7.81. The molecule has 152 valence electrons. The maximum absolute atomic E-state index is 11.0. The Morgan fingerprint density at radius 2 is 1.07 bits per heavy atom. The van der Waals surface area contributed by atoms with Gasteiger partial charge in [-0.1, -0.05) is 47.5 Å². The van der Waals surface area contributed by atoms with Gasteiger partial charge in [0.25, 0.3) is 0 Å². The van der Waals surface area contributed by atoms with Gasteiger partial charge in [0.15, 0.2) is 0 Å². The van der Waals surface area contributed by atoms with Crippen LogP contribution in [0.1, 0.15) is 30.4 Å². The van der Waals surface area contributed by atoms with Crippen LogP contribution in [-0.2, 0) is 0 Å². The molecule has 0 aromatic heterocycles. The van der Waals surface area contributed by atoms with Gasteiger partial charge in [0.05, 0.1) is 11.4 Å². The van der Waals surface area contributed by atoms with E-state index in [1.54, 1.807) is 48.5 Å². The fourth-order valence-electron chi connectivity index (χ4n) is 2.48. The van der Waals surface area contributed by atoms with Gasteiger partial charge in [0, 0.05) is 10.0 Å². The van der Waals surface area contributed by atoms with Gasteiger partial charge < -0.3 is 11.5 Å². The van der Waals surface area contributed by atoms with Gasteiger partial charge in [-0.25, -0.2) is 20.4 Å². The van der Waals surface area contributed by atoms with Gasteiger partial charge >= 0.3 is 12.1 Å². The normalized spacial score (nSPS) is 11.8. The summed E-state index contributed by atoms with van der Waals surface area (Å²) in [6.07, 6.45) is 1.62. The minimum absolute atomic E-state index is 0.505. The molecule has 0 spiro atoms. The molecule has 0 atom stereocenters. The molecule has 2 aromatic rings. The quantitative estimate of drug-likeness (QED) is 0.372. The van der Waals surface area contributed by atoms with Gasteiger partial charge in [0.2, 0.25) is 0 Å². The first-order valence-electron chi connectivity index (χ1n) is 8.61. The van der Waals surface area contributed by atoms with Crippen LogP contribution >= 0.6 is 23.2 Å². The maximum atomic E-state index is 11.0. The third-order valence-corrected chi connectivity index (χ3v) is 4.29. The molecule has 0 radical (unpaired) electrons. The number of urea groups is 2. The van der Waals surface area contributed by atoms with Crippen molar-refractivity contribution in [3.63, 3.8) is 0 Å². The Morgan fingerprint density at radius 3 is 1.38 bits per heavy atom. The standard InChI is InChI=1S/C19H20Cl2N6O2/c20-14-8-4-12(5-9-14)16(24-26-18(22)28)2-1-3-17(25-27-19(23)29)13-6-10-15(21)11-7-13/h4-11H,1-3H2,(H3,22,26,28)(H3,23,27,29)/b24-16+,25-17?. The van der Waals surface area contributed by atoms with Crippen molar-refractivity contribution in [3.05, 3.63) is 69.7 Å². The number of nitrogens with one attached hydrogen (secondary N) is 2. The number of primary amides is 2. The van der Waals surface area contributed by atoms with Crippen LogP contribution in [0.4, 0.5) is 9.59 Å². The molecular weight excluding hydrogens is 415 g/mol. The fraction of sp³-hybridized carbons (Fsp3) is 0.158. The number of amides is 4. The van der Waals surface area contributed by atoms with Crippen molar-refractivity contribution in [1.29, 1.82) is 0 Å². The first-order valence-corrected chi connectivity index (χ1v) is 9.36. The molecule has 0 heterocycles. The Hall–Kier alpha value is -3.10. The number of nitrogens with two attached hydrogens (primary N) is 2. The lowest BCUT2D eigenvalue weighted by Crippen LogP contribution is -2.26. The maximum Gasteiger partial charge on any atom is 0.332 e. The van der Waals surface area contributed by atoms with Gasteiger partial charge in [-0.15, -0.1) is 0 Å². The number of hydrogen-bond acceptors (Lipinski definition) is 4. The highest BCUT2D eigenvalue weighted by Gasteiger charge is 2.09. The van der Waals surface area contributed by atoms with E-state index >= 15 is 0 Å². The molecule has 6 N–H and O–H groups in total. The van der Waals surface area contributed by atoms with E-state index < -0.39 is 12.1 Å². The number of nitrogens with zero attached hydrogens (tertiary/aromatic N) is 2. The minimum atomic E-state index is -0.759. The SMILES string of the molecule is NC(=O)NN=C(CCC/C(=N\NC(N)=O)c1ccc(Cl)cc1)c1ccc(Cl)cc1. The van der Waals surface area contributed by atoms with Crippen LogP contribution < -0.4 is 22.3 Å². The molecule has 0 fully saturated rings. The molecule has 0 bridgehead atoms. The fourth-order valence-corrected chi connectivity index (χ4v) is 2.73. The summed E-state index contributed by atoms with van der Waals surface area (Å²) in [5, 5.41) is 9.34. The van der Waals surface area contributed by atoms with Crippen molar-refractivity contribution in [3.8, 4) is 0 Å². The lowest BCUT2D eigenvalue weighted by Gasteiger charge is -2.10. The molecule has 2 aromatic carbocycles. The monoisotopic (exact) mass is 434 g/mol. The van der Waals surface area contributed by atoms with E-state index in [-0.39, 0.29) is 0 Å². The summed E-state index contributed by atoms with van der Waals surface area (Å²) in [6, 6.07) is 12.6. The molecule has 0 unspecified atom stereocenters. The van der Waals surface area contributed by atoms with E-state index in [4.69, 9.17) is 34.7 Å². The predicted octanol–water partition coefficient (Wildman–Crippen LogP) is 3.61. The highest BCUT2D eigenvalue weighted by molar-refractivity contribution is 6.31. The molecule has 0 saturated heterocycles. The van der Waals surface area contributed by atoms with Gasteiger partial charge in [-0.05, 0) is 54.7 Å². The van der Waals surface area contributed by atoms with E-state index in [2.05, 4.69) is 21.1 Å². The van der Waals surface area contributed by atoms with Crippen molar-refractivity contribution >= 4 is 46.7 Å². The Kier molecular flexibility index (Phi) is 8.45. The highest BCUT2D eigenvalue weighted by Crippen LogP contribution is 2.16. The number of carbonyl (C=O) groups excluding carboxylic acids is 2. The Labute approximate surface area is 177 Å². The van der Waals surface area contributed by atoms with Crippen LogP contribution in [0.3, 0.4) is 0 Å². The average molecular weight is 435 g/mol. The molecule has 4 amide bonds. The van der Waals surface area contributed by atoms with Crippen LogP contribution in [0.15, 0.2) is 58.7 Å². The summed E-state index contributed by atoms with van der Waals surface area (Å²) in [5.74, 6) is 0. The molecule has 0 aliphatic heterocycles. The largest absolute Gasteiger partial charge is 0.350 e. The van der Waals surface area contributed by atoms with E-state index in [9.17, 15) is 9.59 Å². The Morgan fingerprint density at radius 1 is 0.724 bits per heavy atom. The number of rotatable bonds is 8. The van der Waals surface area contributed by atoms with E-state index in [1.165, 1.54) is 0 Å². The first kappa shape index (κ1) is 22.2.